The number of benzene rings is 2. The van der Waals surface area contributed by atoms with E-state index in [-0.39, 0.29) is 19.3 Å². The Morgan fingerprint density at radius 2 is 1.91 bits per heavy atom. The predicted molar refractivity (Wildman–Crippen MR) is 124 cm³/mol. The van der Waals surface area contributed by atoms with Crippen LogP contribution >= 0.6 is 11.3 Å². The van der Waals surface area contributed by atoms with Crippen molar-refractivity contribution in [1.29, 1.82) is 0 Å². The standard InChI is InChI=1S/C25H23NO5S/c1-3-29-25(28)23-16(2)21(14-18-9-11-19-20(13-18)31-15-30-19)32-24(23)26-22(27)12-10-17-7-5-4-6-8-17/h4-13H,3,14-15H2,1-2H3,(H,26,27). The van der Waals surface area contributed by atoms with E-state index >= 15 is 0 Å². The molecule has 0 fully saturated rings. The Bertz CT molecular complexity index is 1170. The SMILES string of the molecule is CCOC(=O)c1c(NC(=O)C=Cc2ccccc2)sc(Cc2ccc3c(c2)OCO3)c1C. The summed E-state index contributed by atoms with van der Waals surface area (Å²) in [6.07, 6.45) is 3.78. The maximum atomic E-state index is 12.6. The van der Waals surface area contributed by atoms with E-state index in [2.05, 4.69) is 5.32 Å². The van der Waals surface area contributed by atoms with E-state index in [0.29, 0.717) is 22.7 Å². The van der Waals surface area contributed by atoms with Gasteiger partial charge in [0.25, 0.3) is 0 Å². The molecule has 6 nitrogen and oxygen atoms in total. The molecule has 1 aromatic heterocycles. The number of anilines is 1. The summed E-state index contributed by atoms with van der Waals surface area (Å²) in [4.78, 5) is 26.2. The molecule has 2 aromatic carbocycles. The molecule has 0 saturated carbocycles. The van der Waals surface area contributed by atoms with Gasteiger partial charge in [0.05, 0.1) is 12.2 Å². The fraction of sp³-hybridized carbons (Fsp3) is 0.200. The van der Waals surface area contributed by atoms with Crippen LogP contribution in [0.15, 0.2) is 54.6 Å². The third-order valence-electron chi connectivity index (χ3n) is 4.99. The Hall–Kier alpha value is -3.58. The lowest BCUT2D eigenvalue weighted by Crippen LogP contribution is -2.12. The number of carbonyl (C=O) groups excluding carboxylic acids is 2. The lowest BCUT2D eigenvalue weighted by Gasteiger charge is -2.06. The van der Waals surface area contributed by atoms with Crippen molar-refractivity contribution in [2.75, 3.05) is 18.7 Å². The minimum absolute atomic E-state index is 0.219. The molecular formula is C25H23NO5S. The third-order valence-corrected chi connectivity index (χ3v) is 6.20. The fourth-order valence-electron chi connectivity index (χ4n) is 3.39. The van der Waals surface area contributed by atoms with Gasteiger partial charge in [-0.25, -0.2) is 4.79 Å². The van der Waals surface area contributed by atoms with Crippen LogP contribution in [0, 0.1) is 6.92 Å². The Morgan fingerprint density at radius 3 is 2.69 bits per heavy atom. The monoisotopic (exact) mass is 449 g/mol. The lowest BCUT2D eigenvalue weighted by atomic mass is 10.1. The van der Waals surface area contributed by atoms with Crippen LogP contribution in [0.3, 0.4) is 0 Å². The molecule has 32 heavy (non-hydrogen) atoms. The zero-order chi connectivity index (χ0) is 22.5. The number of hydrogen-bond acceptors (Lipinski definition) is 6. The summed E-state index contributed by atoms with van der Waals surface area (Å²) >= 11 is 1.38. The van der Waals surface area contributed by atoms with Gasteiger partial charge in [0.2, 0.25) is 12.7 Å². The summed E-state index contributed by atoms with van der Waals surface area (Å²) in [7, 11) is 0. The van der Waals surface area contributed by atoms with Gasteiger partial charge in [-0.1, -0.05) is 36.4 Å². The minimum Gasteiger partial charge on any atom is -0.462 e. The molecule has 4 rings (SSSR count). The van der Waals surface area contributed by atoms with Crippen molar-refractivity contribution in [3.8, 4) is 11.5 Å². The first kappa shape index (κ1) is 21.6. The van der Waals surface area contributed by atoms with E-state index in [4.69, 9.17) is 14.2 Å². The molecule has 0 saturated heterocycles. The van der Waals surface area contributed by atoms with Crippen molar-refractivity contribution in [3.63, 3.8) is 0 Å². The Morgan fingerprint density at radius 1 is 1.12 bits per heavy atom. The molecule has 0 unspecified atom stereocenters. The lowest BCUT2D eigenvalue weighted by molar-refractivity contribution is -0.111. The van der Waals surface area contributed by atoms with Crippen LogP contribution in [0.25, 0.3) is 6.08 Å². The van der Waals surface area contributed by atoms with Gasteiger partial charge in [0, 0.05) is 17.4 Å². The topological polar surface area (TPSA) is 73.9 Å². The maximum absolute atomic E-state index is 12.6. The second-order valence-electron chi connectivity index (χ2n) is 7.17. The molecule has 7 heteroatoms. The summed E-state index contributed by atoms with van der Waals surface area (Å²) in [5.41, 5.74) is 3.14. The molecular weight excluding hydrogens is 426 g/mol. The van der Waals surface area contributed by atoms with Gasteiger partial charge in [-0.05, 0) is 48.7 Å². The van der Waals surface area contributed by atoms with E-state index < -0.39 is 5.97 Å². The van der Waals surface area contributed by atoms with Crippen molar-refractivity contribution in [1.82, 2.24) is 0 Å². The molecule has 3 aromatic rings. The molecule has 0 atom stereocenters. The van der Waals surface area contributed by atoms with Gasteiger partial charge in [-0.2, -0.15) is 0 Å². The molecule has 0 bridgehead atoms. The average molecular weight is 450 g/mol. The summed E-state index contributed by atoms with van der Waals surface area (Å²) in [6, 6.07) is 15.3. The second kappa shape index (κ2) is 9.70. The number of amides is 1. The van der Waals surface area contributed by atoms with Crippen LogP contribution < -0.4 is 14.8 Å². The minimum atomic E-state index is -0.444. The molecule has 2 heterocycles. The largest absolute Gasteiger partial charge is 0.462 e. The summed E-state index contributed by atoms with van der Waals surface area (Å²) in [5, 5.41) is 3.34. The van der Waals surface area contributed by atoms with Crippen LogP contribution in [0.5, 0.6) is 11.5 Å². The molecule has 0 spiro atoms. The Balaban J connectivity index is 1.58. The smallest absolute Gasteiger partial charge is 0.341 e. The Labute approximate surface area is 190 Å². The number of thiophene rings is 1. The van der Waals surface area contributed by atoms with Crippen molar-refractivity contribution in [2.45, 2.75) is 20.3 Å². The average Bonchev–Trinajstić information content (AvgIpc) is 3.37. The van der Waals surface area contributed by atoms with Gasteiger partial charge in [0.1, 0.15) is 5.00 Å². The summed E-state index contributed by atoms with van der Waals surface area (Å²) < 4.78 is 16.1. The van der Waals surface area contributed by atoms with Crippen molar-refractivity contribution in [3.05, 3.63) is 81.7 Å². The van der Waals surface area contributed by atoms with Gasteiger partial charge < -0.3 is 19.5 Å². The van der Waals surface area contributed by atoms with Gasteiger partial charge >= 0.3 is 5.97 Å². The van der Waals surface area contributed by atoms with Crippen LogP contribution in [-0.2, 0) is 16.0 Å². The normalized spacial score (nSPS) is 12.2. The van der Waals surface area contributed by atoms with Crippen molar-refractivity contribution >= 4 is 34.3 Å². The third kappa shape index (κ3) is 4.84. The quantitative estimate of drug-likeness (QED) is 0.396. The van der Waals surface area contributed by atoms with E-state index in [1.165, 1.54) is 17.4 Å². The molecule has 1 amide bonds. The summed E-state index contributed by atoms with van der Waals surface area (Å²) in [6.45, 7) is 4.11. The van der Waals surface area contributed by atoms with Crippen LogP contribution in [0.2, 0.25) is 0 Å². The number of ether oxygens (including phenoxy) is 3. The first-order valence-corrected chi connectivity index (χ1v) is 11.1. The maximum Gasteiger partial charge on any atom is 0.341 e. The molecule has 1 aliphatic heterocycles. The second-order valence-corrected chi connectivity index (χ2v) is 8.28. The number of carbonyl (C=O) groups is 2. The van der Waals surface area contributed by atoms with Crippen LogP contribution in [0.4, 0.5) is 5.00 Å². The van der Waals surface area contributed by atoms with Gasteiger partial charge in [-0.15, -0.1) is 11.3 Å². The predicted octanol–water partition coefficient (Wildman–Crippen LogP) is 5.20. The number of nitrogens with one attached hydrogen (secondary N) is 1. The van der Waals surface area contributed by atoms with E-state index in [9.17, 15) is 9.59 Å². The highest BCUT2D eigenvalue weighted by Gasteiger charge is 2.24. The number of fused-ring (bicyclic) bond motifs is 1. The highest BCUT2D eigenvalue weighted by molar-refractivity contribution is 7.17. The molecule has 164 valence electrons. The van der Waals surface area contributed by atoms with Crippen LogP contribution in [-0.4, -0.2) is 25.3 Å². The van der Waals surface area contributed by atoms with Gasteiger partial charge in [-0.3, -0.25) is 4.79 Å². The highest BCUT2D eigenvalue weighted by Crippen LogP contribution is 2.37. The van der Waals surface area contributed by atoms with E-state index in [0.717, 1.165) is 27.3 Å². The highest BCUT2D eigenvalue weighted by atomic mass is 32.1. The number of rotatable bonds is 7. The number of hydrogen-bond donors (Lipinski definition) is 1. The molecule has 0 radical (unpaired) electrons. The zero-order valence-corrected chi connectivity index (χ0v) is 18.7. The van der Waals surface area contributed by atoms with E-state index in [1.807, 2.05) is 55.5 Å². The number of esters is 1. The Kier molecular flexibility index (Phi) is 6.56. The fourth-order valence-corrected chi connectivity index (χ4v) is 4.62. The van der Waals surface area contributed by atoms with Crippen molar-refractivity contribution < 1.29 is 23.8 Å². The first-order chi connectivity index (χ1) is 15.5. The van der Waals surface area contributed by atoms with Crippen LogP contribution in [0.1, 0.15) is 38.8 Å². The molecule has 1 N–H and O–H groups in total. The zero-order valence-electron chi connectivity index (χ0n) is 17.8. The molecule has 1 aliphatic rings. The van der Waals surface area contributed by atoms with E-state index in [1.54, 1.807) is 13.0 Å². The molecule has 0 aliphatic carbocycles. The summed E-state index contributed by atoms with van der Waals surface area (Å²) in [5.74, 6) is 0.680. The van der Waals surface area contributed by atoms with Gasteiger partial charge in [0.15, 0.2) is 11.5 Å². The first-order valence-electron chi connectivity index (χ1n) is 10.3. The van der Waals surface area contributed by atoms with Crippen molar-refractivity contribution in [2.24, 2.45) is 0 Å².